The molecular weight excluding hydrogens is 419 g/mol. The Labute approximate surface area is 174 Å². The van der Waals surface area contributed by atoms with Gasteiger partial charge in [0.1, 0.15) is 18.2 Å². The third kappa shape index (κ3) is 5.63. The Morgan fingerprint density at radius 2 is 1.70 bits per heavy atom. The Morgan fingerprint density at radius 1 is 1.03 bits per heavy atom. The molecule has 0 amide bonds. The van der Waals surface area contributed by atoms with E-state index in [1.165, 1.54) is 15.9 Å². The van der Waals surface area contributed by atoms with E-state index in [0.717, 1.165) is 18.7 Å². The number of anilines is 1. The summed E-state index contributed by atoms with van der Waals surface area (Å²) in [4.78, 5) is 5.65. The zero-order chi connectivity index (χ0) is 21.8. The minimum Gasteiger partial charge on any atom is -0.492 e. The molecule has 1 fully saturated rings. The Balaban J connectivity index is 1.49. The summed E-state index contributed by atoms with van der Waals surface area (Å²) in [5, 5.41) is 0. The lowest BCUT2D eigenvalue weighted by Gasteiger charge is -2.34. The lowest BCUT2D eigenvalue weighted by atomic mass is 10.2. The maximum absolute atomic E-state index is 12.7. The van der Waals surface area contributed by atoms with Crippen LogP contribution in [-0.2, 0) is 22.6 Å². The van der Waals surface area contributed by atoms with Gasteiger partial charge in [-0.05, 0) is 36.2 Å². The molecule has 0 atom stereocenters. The van der Waals surface area contributed by atoms with E-state index in [-0.39, 0.29) is 25.4 Å². The first-order chi connectivity index (χ1) is 14.2. The second-order valence-electron chi connectivity index (χ2n) is 6.95. The van der Waals surface area contributed by atoms with E-state index in [1.54, 1.807) is 4.90 Å². The lowest BCUT2D eigenvalue weighted by Crippen LogP contribution is -2.50. The second kappa shape index (κ2) is 9.22. The minimum absolute atomic E-state index is 0.0501. The number of nitrogens with zero attached hydrogens (tertiary/aromatic N) is 3. The normalized spacial score (nSPS) is 15.9. The molecule has 2 heterocycles. The molecule has 30 heavy (non-hydrogen) atoms. The molecule has 10 heteroatoms. The number of hydrogen-bond acceptors (Lipinski definition) is 5. The van der Waals surface area contributed by atoms with Crippen molar-refractivity contribution in [1.29, 1.82) is 0 Å². The van der Waals surface area contributed by atoms with Crippen molar-refractivity contribution in [2.75, 3.05) is 43.4 Å². The third-order valence-corrected chi connectivity index (χ3v) is 6.81. The largest absolute Gasteiger partial charge is 0.492 e. The van der Waals surface area contributed by atoms with Crippen molar-refractivity contribution >= 4 is 15.8 Å². The number of alkyl halides is 3. The predicted molar refractivity (Wildman–Crippen MR) is 108 cm³/mol. The average Bonchev–Trinajstić information content (AvgIpc) is 2.74. The smallest absolute Gasteiger partial charge is 0.417 e. The molecule has 1 aliphatic rings. The molecule has 1 aromatic carbocycles. The molecule has 0 radical (unpaired) electrons. The van der Waals surface area contributed by atoms with Crippen molar-refractivity contribution in [3.8, 4) is 5.75 Å². The molecule has 0 unspecified atom stereocenters. The highest BCUT2D eigenvalue weighted by molar-refractivity contribution is 7.89. The summed E-state index contributed by atoms with van der Waals surface area (Å²) in [5.74, 6) is 0.889. The fraction of sp³-hybridized carbons (Fsp3) is 0.450. The number of halogens is 3. The van der Waals surface area contributed by atoms with Gasteiger partial charge in [0.15, 0.2) is 0 Å². The van der Waals surface area contributed by atoms with Crippen molar-refractivity contribution in [3.63, 3.8) is 0 Å². The summed E-state index contributed by atoms with van der Waals surface area (Å²) in [6.07, 6.45) is -2.72. The molecule has 2 aromatic rings. The van der Waals surface area contributed by atoms with Gasteiger partial charge in [-0.25, -0.2) is 13.4 Å². The number of aromatic nitrogens is 1. The molecule has 164 valence electrons. The van der Waals surface area contributed by atoms with E-state index in [9.17, 15) is 21.6 Å². The van der Waals surface area contributed by atoms with Crippen molar-refractivity contribution in [1.82, 2.24) is 9.29 Å². The SMILES string of the molecule is CCc1ccc(OCCS(=O)(=O)N2CCN(c3ccc(C(F)(F)F)cn3)CC2)cc1. The van der Waals surface area contributed by atoms with Crippen LogP contribution < -0.4 is 9.64 Å². The summed E-state index contributed by atoms with van der Waals surface area (Å²) < 4.78 is 70.0. The summed E-state index contributed by atoms with van der Waals surface area (Å²) in [6.45, 7) is 3.31. The summed E-state index contributed by atoms with van der Waals surface area (Å²) in [7, 11) is -3.49. The topological polar surface area (TPSA) is 62.7 Å². The number of benzene rings is 1. The summed E-state index contributed by atoms with van der Waals surface area (Å²) in [6, 6.07) is 9.82. The van der Waals surface area contributed by atoms with Crippen LogP contribution in [0.1, 0.15) is 18.1 Å². The lowest BCUT2D eigenvalue weighted by molar-refractivity contribution is -0.137. The van der Waals surface area contributed by atoms with Crippen LogP contribution in [0.2, 0.25) is 0 Å². The van der Waals surface area contributed by atoms with Gasteiger partial charge in [-0.3, -0.25) is 0 Å². The van der Waals surface area contributed by atoms with E-state index in [1.807, 2.05) is 24.3 Å². The Bertz CT molecular complexity index is 925. The summed E-state index contributed by atoms with van der Waals surface area (Å²) in [5.41, 5.74) is 0.368. The highest BCUT2D eigenvalue weighted by Gasteiger charge is 2.31. The van der Waals surface area contributed by atoms with Crippen LogP contribution in [0.5, 0.6) is 5.75 Å². The number of aryl methyl sites for hydroxylation is 1. The molecule has 6 nitrogen and oxygen atoms in total. The molecule has 1 aliphatic heterocycles. The van der Waals surface area contributed by atoms with E-state index in [0.29, 0.717) is 24.7 Å². The van der Waals surface area contributed by atoms with Crippen LogP contribution in [0.15, 0.2) is 42.6 Å². The molecular formula is C20H24F3N3O3S. The van der Waals surface area contributed by atoms with Gasteiger partial charge in [0.25, 0.3) is 0 Å². The van der Waals surface area contributed by atoms with Crippen LogP contribution in [0.25, 0.3) is 0 Å². The fourth-order valence-corrected chi connectivity index (χ4v) is 4.42. The maximum Gasteiger partial charge on any atom is 0.417 e. The summed E-state index contributed by atoms with van der Waals surface area (Å²) >= 11 is 0. The van der Waals surface area contributed by atoms with Crippen molar-refractivity contribution in [3.05, 3.63) is 53.7 Å². The molecule has 0 saturated carbocycles. The van der Waals surface area contributed by atoms with Crippen molar-refractivity contribution in [2.45, 2.75) is 19.5 Å². The quantitative estimate of drug-likeness (QED) is 0.658. The highest BCUT2D eigenvalue weighted by Crippen LogP contribution is 2.29. The first kappa shape index (κ1) is 22.4. The Morgan fingerprint density at radius 3 is 2.23 bits per heavy atom. The molecule has 0 N–H and O–H groups in total. The average molecular weight is 443 g/mol. The highest BCUT2D eigenvalue weighted by atomic mass is 32.2. The molecule has 3 rings (SSSR count). The molecule has 1 aromatic heterocycles. The number of pyridine rings is 1. The van der Waals surface area contributed by atoms with Crippen LogP contribution in [0.3, 0.4) is 0 Å². The number of rotatable bonds is 7. The molecule has 0 bridgehead atoms. The Hall–Kier alpha value is -2.33. The maximum atomic E-state index is 12.7. The number of piperazine rings is 1. The molecule has 0 aliphatic carbocycles. The van der Waals surface area contributed by atoms with Crippen LogP contribution >= 0.6 is 0 Å². The van der Waals surface area contributed by atoms with Gasteiger partial charge < -0.3 is 9.64 Å². The van der Waals surface area contributed by atoms with E-state index >= 15 is 0 Å². The first-order valence-electron chi connectivity index (χ1n) is 9.67. The zero-order valence-electron chi connectivity index (χ0n) is 16.6. The predicted octanol–water partition coefficient (Wildman–Crippen LogP) is 3.19. The first-order valence-corrected chi connectivity index (χ1v) is 11.3. The number of hydrogen-bond donors (Lipinski definition) is 0. The van der Waals surface area contributed by atoms with E-state index in [4.69, 9.17) is 4.74 Å². The third-order valence-electron chi connectivity index (χ3n) is 4.97. The van der Waals surface area contributed by atoms with Gasteiger partial charge in [0, 0.05) is 32.4 Å². The van der Waals surface area contributed by atoms with E-state index < -0.39 is 21.8 Å². The molecule has 0 spiro atoms. The number of sulfonamides is 1. The number of ether oxygens (including phenoxy) is 1. The standard InChI is InChI=1S/C20H24F3N3O3S/c1-2-16-3-6-18(7-4-16)29-13-14-30(27,28)26-11-9-25(10-12-26)19-8-5-17(15-24-19)20(21,22)23/h3-8,15H,2,9-14H2,1H3. The Kier molecular flexibility index (Phi) is 6.87. The van der Waals surface area contributed by atoms with Gasteiger partial charge in [-0.15, -0.1) is 0 Å². The van der Waals surface area contributed by atoms with Gasteiger partial charge in [-0.1, -0.05) is 19.1 Å². The second-order valence-corrected chi connectivity index (χ2v) is 9.04. The zero-order valence-corrected chi connectivity index (χ0v) is 17.4. The van der Waals surface area contributed by atoms with Gasteiger partial charge in [-0.2, -0.15) is 17.5 Å². The van der Waals surface area contributed by atoms with Crippen LogP contribution in [-0.4, -0.2) is 56.2 Å². The molecule has 1 saturated heterocycles. The monoisotopic (exact) mass is 443 g/mol. The minimum atomic E-state index is -4.43. The van der Waals surface area contributed by atoms with Gasteiger partial charge in [0.05, 0.1) is 11.3 Å². The van der Waals surface area contributed by atoms with Crippen LogP contribution in [0, 0.1) is 0 Å². The van der Waals surface area contributed by atoms with Crippen molar-refractivity contribution < 1.29 is 26.3 Å². The van der Waals surface area contributed by atoms with Gasteiger partial charge >= 0.3 is 6.18 Å². The van der Waals surface area contributed by atoms with Crippen molar-refractivity contribution in [2.24, 2.45) is 0 Å². The van der Waals surface area contributed by atoms with Crippen LogP contribution in [0.4, 0.5) is 19.0 Å². The fourth-order valence-electron chi connectivity index (χ4n) is 3.15. The van der Waals surface area contributed by atoms with E-state index in [2.05, 4.69) is 11.9 Å². The van der Waals surface area contributed by atoms with Gasteiger partial charge in [0.2, 0.25) is 10.0 Å².